The molecule has 0 bridgehead atoms. The van der Waals surface area contributed by atoms with Crippen molar-refractivity contribution < 1.29 is 9.47 Å². The minimum atomic E-state index is -0.308. The van der Waals surface area contributed by atoms with Gasteiger partial charge in [0.25, 0.3) is 0 Å². The molecule has 118 valence electrons. The largest absolute Gasteiger partial charge is 0.370 e. The van der Waals surface area contributed by atoms with Gasteiger partial charge in [-0.25, -0.2) is 0 Å². The van der Waals surface area contributed by atoms with E-state index in [1.165, 1.54) is 19.3 Å². The molecular weight excluding hydrogens is 369 g/mol. The Morgan fingerprint density at radius 3 is 2.75 bits per heavy atom. The SMILES string of the molecule is CCC(C)NC(N)=NCC1COC2(CCCCC2)O1.I. The van der Waals surface area contributed by atoms with Gasteiger partial charge in [-0.1, -0.05) is 13.3 Å². The Hall–Kier alpha value is -0.0800. The van der Waals surface area contributed by atoms with Crippen LogP contribution < -0.4 is 11.1 Å². The molecule has 2 fully saturated rings. The summed E-state index contributed by atoms with van der Waals surface area (Å²) < 4.78 is 11.9. The van der Waals surface area contributed by atoms with Crippen molar-refractivity contribution in [1.29, 1.82) is 0 Å². The van der Waals surface area contributed by atoms with E-state index in [0.29, 0.717) is 25.2 Å². The van der Waals surface area contributed by atoms with Gasteiger partial charge in [0, 0.05) is 18.9 Å². The van der Waals surface area contributed by atoms with Crippen LogP contribution in [0, 0.1) is 0 Å². The molecule has 2 rings (SSSR count). The molecule has 0 aromatic rings. The van der Waals surface area contributed by atoms with Gasteiger partial charge in [-0.3, -0.25) is 4.99 Å². The minimum Gasteiger partial charge on any atom is -0.370 e. The van der Waals surface area contributed by atoms with Crippen molar-refractivity contribution in [2.75, 3.05) is 13.2 Å². The van der Waals surface area contributed by atoms with Gasteiger partial charge >= 0.3 is 0 Å². The van der Waals surface area contributed by atoms with Crippen LogP contribution in [0.25, 0.3) is 0 Å². The third kappa shape index (κ3) is 5.04. The van der Waals surface area contributed by atoms with Crippen LogP contribution in [0.4, 0.5) is 0 Å². The van der Waals surface area contributed by atoms with Gasteiger partial charge < -0.3 is 20.5 Å². The second-order valence-electron chi connectivity index (χ2n) is 5.70. The van der Waals surface area contributed by atoms with Crippen molar-refractivity contribution in [3.63, 3.8) is 0 Å². The van der Waals surface area contributed by atoms with Crippen LogP contribution in [0.2, 0.25) is 0 Å². The van der Waals surface area contributed by atoms with E-state index >= 15 is 0 Å². The molecule has 2 aliphatic rings. The van der Waals surface area contributed by atoms with E-state index in [2.05, 4.69) is 24.2 Å². The summed E-state index contributed by atoms with van der Waals surface area (Å²) in [6.07, 6.45) is 6.82. The molecule has 1 aliphatic heterocycles. The van der Waals surface area contributed by atoms with E-state index in [9.17, 15) is 0 Å². The van der Waals surface area contributed by atoms with Crippen LogP contribution in [0.1, 0.15) is 52.4 Å². The highest BCUT2D eigenvalue weighted by Gasteiger charge is 2.41. The summed E-state index contributed by atoms with van der Waals surface area (Å²) in [4.78, 5) is 4.35. The van der Waals surface area contributed by atoms with Gasteiger partial charge in [0.15, 0.2) is 11.7 Å². The summed E-state index contributed by atoms with van der Waals surface area (Å²) in [6.45, 7) is 5.43. The number of guanidine groups is 1. The van der Waals surface area contributed by atoms with Crippen LogP contribution >= 0.6 is 24.0 Å². The average Bonchev–Trinajstić information content (AvgIpc) is 2.80. The summed E-state index contributed by atoms with van der Waals surface area (Å²) in [5.41, 5.74) is 5.84. The molecule has 6 heteroatoms. The zero-order valence-electron chi connectivity index (χ0n) is 12.6. The fourth-order valence-corrected chi connectivity index (χ4v) is 2.66. The lowest BCUT2D eigenvalue weighted by Crippen LogP contribution is -2.39. The molecule has 1 saturated heterocycles. The van der Waals surface area contributed by atoms with E-state index in [4.69, 9.17) is 15.2 Å². The number of rotatable bonds is 4. The van der Waals surface area contributed by atoms with Crippen molar-refractivity contribution in [2.45, 2.75) is 70.3 Å². The molecule has 2 unspecified atom stereocenters. The Morgan fingerprint density at radius 1 is 1.40 bits per heavy atom. The topological polar surface area (TPSA) is 68.9 Å². The van der Waals surface area contributed by atoms with Gasteiger partial charge in [0.2, 0.25) is 0 Å². The predicted molar refractivity (Wildman–Crippen MR) is 91.4 cm³/mol. The molecule has 1 saturated carbocycles. The Kier molecular flexibility index (Phi) is 7.53. The minimum absolute atomic E-state index is 0. The number of hydrogen-bond donors (Lipinski definition) is 2. The van der Waals surface area contributed by atoms with Crippen molar-refractivity contribution >= 4 is 29.9 Å². The molecular formula is C14H28IN3O2. The van der Waals surface area contributed by atoms with E-state index < -0.39 is 0 Å². The summed E-state index contributed by atoms with van der Waals surface area (Å²) in [5.74, 6) is 0.194. The van der Waals surface area contributed by atoms with Gasteiger partial charge in [-0.15, -0.1) is 24.0 Å². The lowest BCUT2D eigenvalue weighted by atomic mass is 9.94. The quantitative estimate of drug-likeness (QED) is 0.434. The van der Waals surface area contributed by atoms with Crippen molar-refractivity contribution in [3.05, 3.63) is 0 Å². The number of nitrogens with two attached hydrogens (primary N) is 1. The maximum atomic E-state index is 6.06. The molecule has 5 nitrogen and oxygen atoms in total. The maximum absolute atomic E-state index is 6.06. The lowest BCUT2D eigenvalue weighted by Gasteiger charge is -2.31. The fourth-order valence-electron chi connectivity index (χ4n) is 2.66. The predicted octanol–water partition coefficient (Wildman–Crippen LogP) is 2.38. The highest BCUT2D eigenvalue weighted by molar-refractivity contribution is 14.0. The standard InChI is InChI=1S/C14H27N3O2.HI/c1-3-11(2)17-13(15)16-9-12-10-18-14(19-12)7-5-4-6-8-14;/h11-12H,3-10H2,1-2H3,(H3,15,16,17);1H. The summed E-state index contributed by atoms with van der Waals surface area (Å²) in [5, 5.41) is 3.16. The average molecular weight is 397 g/mol. The Morgan fingerprint density at radius 2 is 2.10 bits per heavy atom. The van der Waals surface area contributed by atoms with Crippen molar-refractivity contribution in [2.24, 2.45) is 10.7 Å². The molecule has 1 aliphatic carbocycles. The van der Waals surface area contributed by atoms with Crippen LogP contribution in [-0.2, 0) is 9.47 Å². The van der Waals surface area contributed by atoms with Crippen LogP contribution in [0.15, 0.2) is 4.99 Å². The monoisotopic (exact) mass is 397 g/mol. The summed E-state index contributed by atoms with van der Waals surface area (Å²) >= 11 is 0. The van der Waals surface area contributed by atoms with E-state index in [1.807, 2.05) is 0 Å². The summed E-state index contributed by atoms with van der Waals surface area (Å²) in [6, 6.07) is 0.356. The highest BCUT2D eigenvalue weighted by atomic mass is 127. The van der Waals surface area contributed by atoms with Crippen LogP contribution in [0.3, 0.4) is 0 Å². The molecule has 2 atom stereocenters. The first-order valence-electron chi connectivity index (χ1n) is 7.52. The number of ether oxygens (including phenoxy) is 2. The summed E-state index contributed by atoms with van der Waals surface area (Å²) in [7, 11) is 0. The number of nitrogens with zero attached hydrogens (tertiary/aromatic N) is 1. The first-order chi connectivity index (χ1) is 9.13. The Bertz CT molecular complexity index is 320. The Balaban J connectivity index is 0.00000200. The zero-order chi connectivity index (χ0) is 13.7. The molecule has 1 heterocycles. The van der Waals surface area contributed by atoms with E-state index in [1.54, 1.807) is 0 Å². The van der Waals surface area contributed by atoms with Crippen LogP contribution in [-0.4, -0.2) is 37.0 Å². The normalized spacial score (nSPS) is 27.1. The highest BCUT2D eigenvalue weighted by Crippen LogP contribution is 2.37. The maximum Gasteiger partial charge on any atom is 0.188 e. The van der Waals surface area contributed by atoms with E-state index in [-0.39, 0.29) is 35.9 Å². The molecule has 1 spiro atoms. The molecule has 0 amide bonds. The first kappa shape index (κ1) is 18.0. The van der Waals surface area contributed by atoms with Gasteiger partial charge in [-0.05, 0) is 26.2 Å². The van der Waals surface area contributed by atoms with Gasteiger partial charge in [0.1, 0.15) is 6.10 Å². The third-order valence-electron chi connectivity index (χ3n) is 4.00. The number of aliphatic imine (C=N–C) groups is 1. The third-order valence-corrected chi connectivity index (χ3v) is 4.00. The smallest absolute Gasteiger partial charge is 0.188 e. The molecule has 20 heavy (non-hydrogen) atoms. The lowest BCUT2D eigenvalue weighted by molar-refractivity contribution is -0.186. The van der Waals surface area contributed by atoms with Crippen molar-refractivity contribution in [1.82, 2.24) is 5.32 Å². The number of nitrogens with one attached hydrogen (secondary N) is 1. The molecule has 0 radical (unpaired) electrons. The first-order valence-corrected chi connectivity index (χ1v) is 7.52. The van der Waals surface area contributed by atoms with Gasteiger partial charge in [-0.2, -0.15) is 0 Å². The second-order valence-corrected chi connectivity index (χ2v) is 5.70. The van der Waals surface area contributed by atoms with Gasteiger partial charge in [0.05, 0.1) is 13.2 Å². The molecule has 3 N–H and O–H groups in total. The molecule has 0 aromatic carbocycles. The number of halogens is 1. The fraction of sp³-hybridized carbons (Fsp3) is 0.929. The Labute approximate surface area is 139 Å². The zero-order valence-corrected chi connectivity index (χ0v) is 14.9. The molecule has 0 aromatic heterocycles. The van der Waals surface area contributed by atoms with Crippen LogP contribution in [0.5, 0.6) is 0 Å². The van der Waals surface area contributed by atoms with Crippen molar-refractivity contribution in [3.8, 4) is 0 Å². The van der Waals surface area contributed by atoms with E-state index in [0.717, 1.165) is 19.3 Å². The second kappa shape index (κ2) is 8.38. The number of hydrogen-bond acceptors (Lipinski definition) is 3.